The van der Waals surface area contributed by atoms with Gasteiger partial charge in [-0.05, 0) is 62.6 Å². The largest absolute Gasteiger partial charge is 0.494 e. The molecule has 0 aliphatic heterocycles. The Morgan fingerprint density at radius 2 is 1.73 bits per heavy atom. The minimum Gasteiger partial charge on any atom is -0.494 e. The van der Waals surface area contributed by atoms with Crippen LogP contribution < -0.4 is 4.74 Å². The van der Waals surface area contributed by atoms with Crippen LogP contribution in [-0.4, -0.2) is 16.2 Å². The van der Waals surface area contributed by atoms with Crippen LogP contribution in [0.25, 0.3) is 11.0 Å². The Balaban J connectivity index is 1.60. The van der Waals surface area contributed by atoms with Crippen molar-refractivity contribution in [3.8, 4) is 5.75 Å². The fraction of sp³-hybridized carbons (Fsp3) is 0.316. The van der Waals surface area contributed by atoms with Gasteiger partial charge in [0, 0.05) is 6.54 Å². The highest BCUT2D eigenvalue weighted by molar-refractivity contribution is 5.77. The summed E-state index contributed by atoms with van der Waals surface area (Å²) < 4.78 is 7.99. The molecular weight excluding hydrogens is 272 g/mol. The van der Waals surface area contributed by atoms with Crippen molar-refractivity contribution >= 4 is 11.0 Å². The lowest BCUT2D eigenvalue weighted by atomic mass is 10.1. The minimum atomic E-state index is 0.716. The molecule has 0 saturated carbocycles. The second-order valence-electron chi connectivity index (χ2n) is 5.88. The minimum absolute atomic E-state index is 0.716. The summed E-state index contributed by atoms with van der Waals surface area (Å²) in [6.45, 7) is 7.99. The molecule has 0 bridgehead atoms. The van der Waals surface area contributed by atoms with Gasteiger partial charge in [0.2, 0.25) is 0 Å². The molecule has 0 N–H and O–H groups in total. The van der Waals surface area contributed by atoms with E-state index in [9.17, 15) is 0 Å². The van der Waals surface area contributed by atoms with Gasteiger partial charge in [0.05, 0.1) is 24.0 Å². The van der Waals surface area contributed by atoms with Gasteiger partial charge in [-0.1, -0.05) is 17.7 Å². The molecule has 0 aliphatic rings. The quantitative estimate of drug-likeness (QED) is 0.651. The van der Waals surface area contributed by atoms with E-state index in [1.165, 1.54) is 22.2 Å². The molecule has 0 atom stereocenters. The molecule has 0 saturated heterocycles. The lowest BCUT2D eigenvalue weighted by Gasteiger charge is -2.08. The van der Waals surface area contributed by atoms with Crippen LogP contribution in [-0.2, 0) is 6.54 Å². The van der Waals surface area contributed by atoms with Crippen molar-refractivity contribution in [2.45, 2.75) is 33.7 Å². The molecule has 0 amide bonds. The molecule has 0 unspecified atom stereocenters. The highest BCUT2D eigenvalue weighted by Crippen LogP contribution is 2.19. The van der Waals surface area contributed by atoms with Crippen LogP contribution in [0, 0.1) is 20.8 Å². The smallest absolute Gasteiger partial charge is 0.119 e. The Kier molecular flexibility index (Phi) is 4.14. The molecule has 3 heteroatoms. The monoisotopic (exact) mass is 294 g/mol. The predicted octanol–water partition coefficient (Wildman–Crippen LogP) is 4.43. The van der Waals surface area contributed by atoms with Gasteiger partial charge in [-0.25, -0.2) is 4.98 Å². The zero-order valence-electron chi connectivity index (χ0n) is 13.5. The van der Waals surface area contributed by atoms with Crippen LogP contribution in [0.4, 0.5) is 0 Å². The first-order valence-corrected chi connectivity index (χ1v) is 7.75. The zero-order valence-corrected chi connectivity index (χ0v) is 13.5. The highest BCUT2D eigenvalue weighted by atomic mass is 16.5. The van der Waals surface area contributed by atoms with E-state index in [0.29, 0.717) is 6.61 Å². The predicted molar refractivity (Wildman–Crippen MR) is 90.5 cm³/mol. The highest BCUT2D eigenvalue weighted by Gasteiger charge is 2.05. The Labute approximate surface area is 131 Å². The van der Waals surface area contributed by atoms with Crippen LogP contribution in [0.15, 0.2) is 42.7 Å². The van der Waals surface area contributed by atoms with Gasteiger partial charge in [-0.3, -0.25) is 0 Å². The number of fused-ring (bicyclic) bond motifs is 1. The average Bonchev–Trinajstić information content (AvgIpc) is 2.88. The summed E-state index contributed by atoms with van der Waals surface area (Å²) in [5.74, 6) is 0.938. The van der Waals surface area contributed by atoms with E-state index in [-0.39, 0.29) is 0 Å². The van der Waals surface area contributed by atoms with E-state index in [1.807, 2.05) is 18.5 Å². The summed E-state index contributed by atoms with van der Waals surface area (Å²) in [4.78, 5) is 4.49. The van der Waals surface area contributed by atoms with Gasteiger partial charge in [0.25, 0.3) is 0 Å². The molecule has 0 spiro atoms. The molecule has 0 fully saturated rings. The first-order chi connectivity index (χ1) is 10.6. The van der Waals surface area contributed by atoms with Crippen molar-refractivity contribution in [3.05, 3.63) is 59.4 Å². The molecule has 0 aliphatic carbocycles. The first-order valence-electron chi connectivity index (χ1n) is 7.75. The van der Waals surface area contributed by atoms with Gasteiger partial charge < -0.3 is 9.30 Å². The Morgan fingerprint density at radius 3 is 2.50 bits per heavy atom. The molecule has 0 radical (unpaired) electrons. The molecule has 2 aromatic carbocycles. The molecule has 22 heavy (non-hydrogen) atoms. The van der Waals surface area contributed by atoms with Gasteiger partial charge in [0.1, 0.15) is 5.75 Å². The molecule has 1 heterocycles. The maximum absolute atomic E-state index is 5.78. The van der Waals surface area contributed by atoms with E-state index >= 15 is 0 Å². The van der Waals surface area contributed by atoms with Gasteiger partial charge >= 0.3 is 0 Å². The summed E-state index contributed by atoms with van der Waals surface area (Å²) in [6.07, 6.45) is 2.89. The van der Waals surface area contributed by atoms with Gasteiger partial charge in [0.15, 0.2) is 0 Å². The number of nitrogens with zero attached hydrogens (tertiary/aromatic N) is 2. The number of rotatable bonds is 5. The van der Waals surface area contributed by atoms with E-state index in [2.05, 4.69) is 54.6 Å². The van der Waals surface area contributed by atoms with Crippen LogP contribution >= 0.6 is 0 Å². The fourth-order valence-corrected chi connectivity index (χ4v) is 2.55. The van der Waals surface area contributed by atoms with Gasteiger partial charge in [-0.15, -0.1) is 0 Å². The maximum Gasteiger partial charge on any atom is 0.119 e. The summed E-state index contributed by atoms with van der Waals surface area (Å²) in [5.41, 5.74) is 6.13. The number of hydrogen-bond donors (Lipinski definition) is 0. The molecule has 114 valence electrons. The number of ether oxygens (including phenoxy) is 1. The molecule has 3 nitrogen and oxygen atoms in total. The standard InChI is InChI=1S/C19H22N2O/c1-14-5-7-17(8-6-14)22-10-4-9-21-13-20-18-11-15(2)16(3)12-19(18)21/h5-8,11-13H,4,9-10H2,1-3H3. The van der Waals surface area contributed by atoms with Crippen molar-refractivity contribution in [2.24, 2.45) is 0 Å². The number of aryl methyl sites for hydroxylation is 4. The number of imidazole rings is 1. The van der Waals surface area contributed by atoms with Crippen molar-refractivity contribution in [1.29, 1.82) is 0 Å². The number of aromatic nitrogens is 2. The number of benzene rings is 2. The molecule has 1 aromatic heterocycles. The summed E-state index contributed by atoms with van der Waals surface area (Å²) in [7, 11) is 0. The van der Waals surface area contributed by atoms with Crippen molar-refractivity contribution in [3.63, 3.8) is 0 Å². The topological polar surface area (TPSA) is 27.1 Å². The fourth-order valence-electron chi connectivity index (χ4n) is 2.55. The third-order valence-electron chi connectivity index (χ3n) is 4.07. The van der Waals surface area contributed by atoms with Crippen molar-refractivity contribution in [1.82, 2.24) is 9.55 Å². The summed E-state index contributed by atoms with van der Waals surface area (Å²) in [6, 6.07) is 12.6. The average molecular weight is 294 g/mol. The van der Waals surface area contributed by atoms with Crippen molar-refractivity contribution in [2.75, 3.05) is 6.61 Å². The second-order valence-corrected chi connectivity index (χ2v) is 5.88. The van der Waals surface area contributed by atoms with Crippen molar-refractivity contribution < 1.29 is 4.74 Å². The van der Waals surface area contributed by atoms with Gasteiger partial charge in [-0.2, -0.15) is 0 Å². The molecule has 3 aromatic rings. The van der Waals surface area contributed by atoms with Crippen LogP contribution in [0.1, 0.15) is 23.1 Å². The molecule has 3 rings (SSSR count). The maximum atomic E-state index is 5.78. The molecular formula is C19H22N2O. The van der Waals surface area contributed by atoms with Crippen LogP contribution in [0.3, 0.4) is 0 Å². The third-order valence-corrected chi connectivity index (χ3v) is 4.07. The normalized spacial score (nSPS) is 11.0. The number of hydrogen-bond acceptors (Lipinski definition) is 2. The lowest BCUT2D eigenvalue weighted by molar-refractivity contribution is 0.302. The summed E-state index contributed by atoms with van der Waals surface area (Å²) >= 11 is 0. The summed E-state index contributed by atoms with van der Waals surface area (Å²) in [5, 5.41) is 0. The van der Waals surface area contributed by atoms with E-state index in [4.69, 9.17) is 4.74 Å². The Hall–Kier alpha value is -2.29. The van der Waals surface area contributed by atoms with E-state index in [1.54, 1.807) is 0 Å². The van der Waals surface area contributed by atoms with Crippen LogP contribution in [0.5, 0.6) is 5.75 Å². The van der Waals surface area contributed by atoms with Crippen LogP contribution in [0.2, 0.25) is 0 Å². The SMILES string of the molecule is Cc1ccc(OCCCn2cnc3cc(C)c(C)cc32)cc1. The Morgan fingerprint density at radius 1 is 1.00 bits per heavy atom. The zero-order chi connectivity index (χ0) is 15.5. The first kappa shape index (κ1) is 14.6. The van der Waals surface area contributed by atoms with E-state index in [0.717, 1.165) is 24.2 Å². The van der Waals surface area contributed by atoms with E-state index < -0.39 is 0 Å². The lowest BCUT2D eigenvalue weighted by Crippen LogP contribution is -2.04. The Bertz CT molecular complexity index is 772. The second kappa shape index (κ2) is 6.22. The third kappa shape index (κ3) is 3.14.